The Kier molecular flexibility index (Phi) is 8.08. The minimum Gasteiger partial charge on any atom is -0.444 e. The van der Waals surface area contributed by atoms with Crippen molar-refractivity contribution in [1.82, 2.24) is 16.0 Å². The molecule has 2 rings (SSSR count). The lowest BCUT2D eigenvalue weighted by atomic mass is 9.88. The normalized spacial score (nSPS) is 21.0. The smallest absolute Gasteiger partial charge is 0.417 e. The number of hydrogen-bond donors (Lipinski definition) is 3. The van der Waals surface area contributed by atoms with Crippen molar-refractivity contribution in [1.29, 1.82) is 5.26 Å². The van der Waals surface area contributed by atoms with E-state index in [1.54, 1.807) is 20.8 Å². The summed E-state index contributed by atoms with van der Waals surface area (Å²) >= 11 is 0. The van der Waals surface area contributed by atoms with Crippen LogP contribution in [-0.4, -0.2) is 49.0 Å². The number of halogens is 6. The van der Waals surface area contributed by atoms with Crippen molar-refractivity contribution in [3.8, 4) is 6.07 Å². The number of rotatable bonds is 5. The zero-order valence-electron chi connectivity index (χ0n) is 18.5. The summed E-state index contributed by atoms with van der Waals surface area (Å²) < 4.78 is 85.7. The number of nitriles is 1. The summed E-state index contributed by atoms with van der Waals surface area (Å²) in [5.41, 5.74) is -3.07. The molecule has 1 unspecified atom stereocenters. The number of benzene rings is 1. The quantitative estimate of drug-likeness (QED) is 0.429. The molecule has 0 saturated carbocycles. The van der Waals surface area contributed by atoms with Crippen LogP contribution in [0.5, 0.6) is 0 Å². The first-order valence-corrected chi connectivity index (χ1v) is 10.2. The van der Waals surface area contributed by atoms with Gasteiger partial charge in [-0.1, -0.05) is 6.07 Å². The molecule has 0 spiro atoms. The van der Waals surface area contributed by atoms with E-state index in [2.05, 4.69) is 16.0 Å². The molecule has 1 aromatic rings. The molecule has 2 amide bonds. The van der Waals surface area contributed by atoms with E-state index in [9.17, 15) is 35.9 Å². The summed E-state index contributed by atoms with van der Waals surface area (Å²) in [6.45, 7) is 4.80. The number of amides is 2. The van der Waals surface area contributed by atoms with Gasteiger partial charge in [0, 0.05) is 19.0 Å². The van der Waals surface area contributed by atoms with E-state index < -0.39 is 65.5 Å². The Hall–Kier alpha value is -3.01. The molecule has 0 aromatic heterocycles. The number of alkyl halides is 6. The molecule has 1 saturated heterocycles. The van der Waals surface area contributed by atoms with Gasteiger partial charge < -0.3 is 15.4 Å². The number of nitrogens with one attached hydrogen (secondary N) is 3. The maximum absolute atomic E-state index is 13.6. The highest BCUT2D eigenvalue weighted by Gasteiger charge is 2.52. The minimum absolute atomic E-state index is 0.0515. The van der Waals surface area contributed by atoms with E-state index in [1.807, 2.05) is 0 Å². The SMILES string of the molecule is CC(C)(C)OC(=O)NCCNC(=O)[C@@H]1CC(c2ccc(C#N)c(C(F)(F)F)c2)[C@H](C(F)(F)F)N1. The minimum atomic E-state index is -4.93. The van der Waals surface area contributed by atoms with Gasteiger partial charge in [-0.05, 0) is 44.9 Å². The summed E-state index contributed by atoms with van der Waals surface area (Å²) in [6, 6.07) is 0.154. The zero-order chi connectivity index (χ0) is 25.9. The highest BCUT2D eigenvalue weighted by Crippen LogP contribution is 2.41. The molecule has 1 fully saturated rings. The summed E-state index contributed by atoms with van der Waals surface area (Å²) in [7, 11) is 0. The van der Waals surface area contributed by atoms with Crippen LogP contribution in [0.15, 0.2) is 18.2 Å². The second-order valence-electron chi connectivity index (χ2n) is 8.72. The van der Waals surface area contributed by atoms with E-state index in [1.165, 1.54) is 6.07 Å². The summed E-state index contributed by atoms with van der Waals surface area (Å²) in [4.78, 5) is 24.0. The van der Waals surface area contributed by atoms with Crippen molar-refractivity contribution in [3.63, 3.8) is 0 Å². The van der Waals surface area contributed by atoms with Gasteiger partial charge in [0.15, 0.2) is 0 Å². The lowest BCUT2D eigenvalue weighted by Crippen LogP contribution is -2.48. The van der Waals surface area contributed by atoms with Crippen LogP contribution in [0.3, 0.4) is 0 Å². The molecule has 0 aliphatic carbocycles. The van der Waals surface area contributed by atoms with Gasteiger partial charge in [0.2, 0.25) is 5.91 Å². The number of ether oxygens (including phenoxy) is 1. The number of nitrogens with zero attached hydrogens (tertiary/aromatic N) is 1. The average Bonchev–Trinajstić information content (AvgIpc) is 3.14. The number of carbonyl (C=O) groups excluding carboxylic acids is 2. The van der Waals surface area contributed by atoms with Gasteiger partial charge in [-0.3, -0.25) is 10.1 Å². The fourth-order valence-corrected chi connectivity index (χ4v) is 3.54. The third-order valence-corrected chi connectivity index (χ3v) is 4.93. The molecule has 1 aliphatic heterocycles. The molecule has 0 bridgehead atoms. The van der Waals surface area contributed by atoms with Gasteiger partial charge in [-0.15, -0.1) is 0 Å². The molecule has 7 nitrogen and oxygen atoms in total. The highest BCUT2D eigenvalue weighted by molar-refractivity contribution is 5.82. The third-order valence-electron chi connectivity index (χ3n) is 4.93. The Balaban J connectivity index is 2.10. The summed E-state index contributed by atoms with van der Waals surface area (Å²) in [5.74, 6) is -2.28. The van der Waals surface area contributed by atoms with Crippen LogP contribution in [0, 0.1) is 11.3 Å². The Morgan fingerprint density at radius 3 is 2.26 bits per heavy atom. The molecule has 34 heavy (non-hydrogen) atoms. The van der Waals surface area contributed by atoms with Crippen LogP contribution in [0.1, 0.15) is 49.8 Å². The van der Waals surface area contributed by atoms with Crippen molar-refractivity contribution >= 4 is 12.0 Å². The lowest BCUT2D eigenvalue weighted by Gasteiger charge is -2.23. The second-order valence-corrected chi connectivity index (χ2v) is 8.72. The Morgan fingerprint density at radius 2 is 1.74 bits per heavy atom. The fraction of sp³-hybridized carbons (Fsp3) is 0.571. The third kappa shape index (κ3) is 7.24. The maximum Gasteiger partial charge on any atom is 0.417 e. The predicted molar refractivity (Wildman–Crippen MR) is 108 cm³/mol. The Morgan fingerprint density at radius 1 is 1.12 bits per heavy atom. The summed E-state index contributed by atoms with van der Waals surface area (Å²) in [6.07, 6.45) is -10.9. The molecule has 3 N–H and O–H groups in total. The van der Waals surface area contributed by atoms with E-state index >= 15 is 0 Å². The molecule has 1 aliphatic rings. The fourth-order valence-electron chi connectivity index (χ4n) is 3.54. The van der Waals surface area contributed by atoms with E-state index in [4.69, 9.17) is 10.00 Å². The predicted octanol–water partition coefficient (Wildman–Crippen LogP) is 3.59. The monoisotopic (exact) mass is 494 g/mol. The van der Waals surface area contributed by atoms with Crippen LogP contribution < -0.4 is 16.0 Å². The maximum atomic E-state index is 13.6. The molecule has 1 heterocycles. The van der Waals surface area contributed by atoms with Crippen molar-refractivity contribution in [2.24, 2.45) is 0 Å². The number of hydrogen-bond acceptors (Lipinski definition) is 5. The van der Waals surface area contributed by atoms with Crippen molar-refractivity contribution < 1.29 is 40.7 Å². The first-order valence-electron chi connectivity index (χ1n) is 10.2. The van der Waals surface area contributed by atoms with Crippen molar-refractivity contribution in [2.45, 2.75) is 63.1 Å². The Labute approximate surface area is 191 Å². The highest BCUT2D eigenvalue weighted by atomic mass is 19.4. The van der Waals surface area contributed by atoms with E-state index in [0.29, 0.717) is 6.07 Å². The van der Waals surface area contributed by atoms with Gasteiger partial charge in [0.1, 0.15) is 11.6 Å². The van der Waals surface area contributed by atoms with Gasteiger partial charge in [-0.25, -0.2) is 4.79 Å². The van der Waals surface area contributed by atoms with Gasteiger partial charge in [-0.2, -0.15) is 31.6 Å². The molecule has 13 heteroatoms. The van der Waals surface area contributed by atoms with Crippen molar-refractivity contribution in [2.75, 3.05) is 13.1 Å². The molecular formula is C21H24F6N4O3. The number of carbonyl (C=O) groups is 2. The molecule has 0 radical (unpaired) electrons. The van der Waals surface area contributed by atoms with E-state index in [-0.39, 0.29) is 18.7 Å². The van der Waals surface area contributed by atoms with Gasteiger partial charge >= 0.3 is 18.4 Å². The van der Waals surface area contributed by atoms with Crippen LogP contribution in [0.25, 0.3) is 0 Å². The van der Waals surface area contributed by atoms with Gasteiger partial charge in [0.25, 0.3) is 0 Å². The molecule has 188 valence electrons. The average molecular weight is 494 g/mol. The number of alkyl carbamates (subject to hydrolysis) is 1. The molecule has 3 atom stereocenters. The first-order chi connectivity index (χ1) is 15.5. The topological polar surface area (TPSA) is 103 Å². The van der Waals surface area contributed by atoms with Gasteiger partial charge in [0.05, 0.1) is 23.2 Å². The second kappa shape index (κ2) is 10.1. The summed E-state index contributed by atoms with van der Waals surface area (Å²) in [5, 5.41) is 15.8. The van der Waals surface area contributed by atoms with Crippen LogP contribution in [0.4, 0.5) is 31.1 Å². The molecule has 1 aromatic carbocycles. The van der Waals surface area contributed by atoms with Crippen LogP contribution in [-0.2, 0) is 15.7 Å². The van der Waals surface area contributed by atoms with E-state index in [0.717, 1.165) is 12.1 Å². The standard InChI is InChI=1S/C21H24F6N4O3/c1-19(2,3)34-18(33)30-7-6-29-17(32)15-9-13(16(31-15)21(25,26)27)11-4-5-12(10-28)14(8-11)20(22,23)24/h4-5,8,13,15-16,31H,6-7,9H2,1-3H3,(H,29,32)(H,30,33)/t13?,15-,16+/m0/s1. The van der Waals surface area contributed by atoms with Crippen LogP contribution >= 0.6 is 0 Å². The Bertz CT molecular complexity index is 950. The van der Waals surface area contributed by atoms with Crippen molar-refractivity contribution in [3.05, 3.63) is 34.9 Å². The lowest BCUT2D eigenvalue weighted by molar-refractivity contribution is -0.156. The first kappa shape index (κ1) is 27.2. The largest absolute Gasteiger partial charge is 0.444 e. The zero-order valence-corrected chi connectivity index (χ0v) is 18.5. The van der Waals surface area contributed by atoms with Crippen LogP contribution in [0.2, 0.25) is 0 Å². The molecular weight excluding hydrogens is 470 g/mol.